The number of benzene rings is 1. The Bertz CT molecular complexity index is 469. The lowest BCUT2D eigenvalue weighted by Crippen LogP contribution is -1.94. The molecule has 1 unspecified atom stereocenters. The first kappa shape index (κ1) is 13.7. The molecule has 0 aliphatic heterocycles. The second-order valence-electron chi connectivity index (χ2n) is 3.97. The van der Waals surface area contributed by atoms with Gasteiger partial charge < -0.3 is 9.84 Å². The molecule has 4 heteroatoms. The largest absolute Gasteiger partial charge is 0.504 e. The van der Waals surface area contributed by atoms with Crippen molar-refractivity contribution in [1.29, 1.82) is 0 Å². The molecule has 0 aromatic heterocycles. The topological polar surface area (TPSA) is 29.5 Å². The molecule has 0 saturated carbocycles. The molecule has 2 rings (SSSR count). The summed E-state index contributed by atoms with van der Waals surface area (Å²) in [5.41, 5.74) is 2.38. The minimum Gasteiger partial charge on any atom is -0.504 e. The molecule has 1 aliphatic rings. The van der Waals surface area contributed by atoms with Gasteiger partial charge in [0.05, 0.1) is 12.4 Å². The summed E-state index contributed by atoms with van der Waals surface area (Å²) in [5, 5.41) is 10.3. The molecular formula is C14H18O2S2. The number of fused-ring (bicyclic) bond motifs is 1. The molecule has 1 aliphatic carbocycles. The average Bonchev–Trinajstić information content (AvgIpc) is 2.67. The Hall–Kier alpha value is -0.740. The first-order valence-electron chi connectivity index (χ1n) is 6.08. The molecule has 0 amide bonds. The molecule has 1 aromatic carbocycles. The summed E-state index contributed by atoms with van der Waals surface area (Å²) in [5.74, 6) is 2.92. The summed E-state index contributed by atoms with van der Waals surface area (Å²) in [4.78, 5) is 1.38. The van der Waals surface area contributed by atoms with Crippen LogP contribution in [0.1, 0.15) is 30.2 Å². The lowest BCUT2D eigenvalue weighted by molar-refractivity contribution is 0.373. The molecule has 0 bridgehead atoms. The summed E-state index contributed by atoms with van der Waals surface area (Å²) < 4.78 is 5.17. The summed E-state index contributed by atoms with van der Waals surface area (Å²) in [6.07, 6.45) is 2.22. The van der Waals surface area contributed by atoms with Crippen LogP contribution in [0.5, 0.6) is 11.5 Å². The minimum absolute atomic E-state index is 0.231. The van der Waals surface area contributed by atoms with Crippen molar-refractivity contribution >= 4 is 29.6 Å². The van der Waals surface area contributed by atoms with E-state index < -0.39 is 0 Å². The Morgan fingerprint density at radius 2 is 2.06 bits per heavy atom. The summed E-state index contributed by atoms with van der Waals surface area (Å²) >= 11 is 3.79. The predicted molar refractivity (Wildman–Crippen MR) is 81.6 cm³/mol. The highest BCUT2D eigenvalue weighted by atomic mass is 32.2. The molecule has 0 saturated heterocycles. The van der Waals surface area contributed by atoms with Crippen LogP contribution in [0.3, 0.4) is 0 Å². The molecule has 0 spiro atoms. The normalized spacial score (nSPS) is 17.5. The number of methoxy groups -OCH3 is 1. The van der Waals surface area contributed by atoms with Crippen molar-refractivity contribution < 1.29 is 9.84 Å². The van der Waals surface area contributed by atoms with Crippen LogP contribution in [0.25, 0.3) is 6.08 Å². The predicted octanol–water partition coefficient (Wildman–Crippen LogP) is 4.30. The van der Waals surface area contributed by atoms with Crippen LogP contribution < -0.4 is 4.74 Å². The standard InChI is InChI=1S/C14H18O2S2/c1-4-17-13-7-9-6-12(16-3)11(15)8-10(9)14(13)18-5-2/h6-8,14-15H,4-5H2,1-3H3. The van der Waals surface area contributed by atoms with Crippen LogP contribution in [0, 0.1) is 0 Å². The van der Waals surface area contributed by atoms with Crippen LogP contribution in [-0.2, 0) is 0 Å². The number of hydrogen-bond acceptors (Lipinski definition) is 4. The third-order valence-corrected chi connectivity index (χ3v) is 5.17. The highest BCUT2D eigenvalue weighted by Gasteiger charge is 2.26. The number of phenolic OH excluding ortho intramolecular Hbond substituents is 1. The van der Waals surface area contributed by atoms with Gasteiger partial charge in [0.25, 0.3) is 0 Å². The van der Waals surface area contributed by atoms with E-state index in [2.05, 4.69) is 19.9 Å². The van der Waals surface area contributed by atoms with Crippen molar-refractivity contribution in [3.63, 3.8) is 0 Å². The second-order valence-corrected chi connectivity index (χ2v) is 6.69. The average molecular weight is 282 g/mol. The monoisotopic (exact) mass is 282 g/mol. The van der Waals surface area contributed by atoms with E-state index in [0.29, 0.717) is 11.0 Å². The summed E-state index contributed by atoms with van der Waals surface area (Å²) in [6.45, 7) is 4.33. The fourth-order valence-electron chi connectivity index (χ4n) is 2.12. The molecular weight excluding hydrogens is 264 g/mol. The maximum absolute atomic E-state index is 9.91. The van der Waals surface area contributed by atoms with Gasteiger partial charge in [0.15, 0.2) is 11.5 Å². The van der Waals surface area contributed by atoms with Gasteiger partial charge in [-0.05, 0) is 40.8 Å². The van der Waals surface area contributed by atoms with Gasteiger partial charge in [0.2, 0.25) is 0 Å². The molecule has 0 heterocycles. The van der Waals surface area contributed by atoms with Gasteiger partial charge >= 0.3 is 0 Å². The lowest BCUT2D eigenvalue weighted by Gasteiger charge is -2.15. The smallest absolute Gasteiger partial charge is 0.161 e. The Morgan fingerprint density at radius 3 is 2.67 bits per heavy atom. The molecule has 0 radical (unpaired) electrons. The maximum Gasteiger partial charge on any atom is 0.161 e. The molecule has 2 nitrogen and oxygen atoms in total. The summed E-state index contributed by atoms with van der Waals surface area (Å²) in [6, 6.07) is 3.78. The fraction of sp³-hybridized carbons (Fsp3) is 0.429. The van der Waals surface area contributed by atoms with Gasteiger partial charge in [-0.3, -0.25) is 0 Å². The first-order valence-corrected chi connectivity index (χ1v) is 8.11. The van der Waals surface area contributed by atoms with E-state index in [1.165, 1.54) is 16.0 Å². The zero-order valence-corrected chi connectivity index (χ0v) is 12.5. The van der Waals surface area contributed by atoms with Crippen LogP contribution in [0.4, 0.5) is 0 Å². The molecule has 18 heavy (non-hydrogen) atoms. The van der Waals surface area contributed by atoms with Crippen molar-refractivity contribution in [2.24, 2.45) is 0 Å². The highest BCUT2D eigenvalue weighted by molar-refractivity contribution is 8.06. The van der Waals surface area contributed by atoms with E-state index in [1.807, 2.05) is 35.7 Å². The van der Waals surface area contributed by atoms with Crippen LogP contribution in [0.2, 0.25) is 0 Å². The number of ether oxygens (including phenoxy) is 1. The number of aromatic hydroxyl groups is 1. The van der Waals surface area contributed by atoms with Crippen molar-refractivity contribution in [1.82, 2.24) is 0 Å². The van der Waals surface area contributed by atoms with Gasteiger partial charge in [-0.15, -0.1) is 23.5 Å². The van der Waals surface area contributed by atoms with Crippen LogP contribution in [0.15, 0.2) is 17.0 Å². The number of thioether (sulfide) groups is 2. The van der Waals surface area contributed by atoms with E-state index in [-0.39, 0.29) is 5.75 Å². The Kier molecular flexibility index (Phi) is 4.51. The number of phenols is 1. The second kappa shape index (κ2) is 5.93. The van der Waals surface area contributed by atoms with Gasteiger partial charge in [-0.2, -0.15) is 0 Å². The first-order chi connectivity index (χ1) is 8.71. The maximum atomic E-state index is 9.91. The Balaban J connectivity index is 2.40. The molecule has 98 valence electrons. The van der Waals surface area contributed by atoms with E-state index in [0.717, 1.165) is 11.5 Å². The SMILES string of the molecule is CCSC1=Cc2cc(OC)c(O)cc2C1SCC. The van der Waals surface area contributed by atoms with Gasteiger partial charge in [0, 0.05) is 4.91 Å². The quantitative estimate of drug-likeness (QED) is 0.872. The minimum atomic E-state index is 0.231. The van der Waals surface area contributed by atoms with Crippen molar-refractivity contribution in [3.05, 3.63) is 28.2 Å². The van der Waals surface area contributed by atoms with E-state index in [9.17, 15) is 5.11 Å². The van der Waals surface area contributed by atoms with Gasteiger partial charge in [-0.25, -0.2) is 0 Å². The third kappa shape index (κ3) is 2.50. The third-order valence-electron chi connectivity index (χ3n) is 2.87. The Morgan fingerprint density at radius 1 is 1.28 bits per heavy atom. The van der Waals surface area contributed by atoms with Crippen molar-refractivity contribution in [2.75, 3.05) is 18.6 Å². The van der Waals surface area contributed by atoms with E-state index >= 15 is 0 Å². The zero-order chi connectivity index (χ0) is 13.1. The molecule has 1 N–H and O–H groups in total. The Labute approximate surface area is 117 Å². The molecule has 1 aromatic rings. The van der Waals surface area contributed by atoms with Crippen LogP contribution >= 0.6 is 23.5 Å². The lowest BCUT2D eigenvalue weighted by atomic mass is 10.1. The van der Waals surface area contributed by atoms with Gasteiger partial charge in [0.1, 0.15) is 0 Å². The summed E-state index contributed by atoms with van der Waals surface area (Å²) in [7, 11) is 1.58. The van der Waals surface area contributed by atoms with Gasteiger partial charge in [-0.1, -0.05) is 13.8 Å². The fourth-order valence-corrected chi connectivity index (χ4v) is 4.30. The number of hydrogen-bond donors (Lipinski definition) is 1. The highest BCUT2D eigenvalue weighted by Crippen LogP contribution is 2.50. The zero-order valence-electron chi connectivity index (χ0n) is 10.9. The molecule has 1 atom stereocenters. The van der Waals surface area contributed by atoms with E-state index in [4.69, 9.17) is 4.74 Å². The van der Waals surface area contributed by atoms with Crippen LogP contribution in [-0.4, -0.2) is 23.7 Å². The number of rotatable bonds is 5. The van der Waals surface area contributed by atoms with Crippen molar-refractivity contribution in [3.8, 4) is 11.5 Å². The molecule has 0 fully saturated rings. The van der Waals surface area contributed by atoms with E-state index in [1.54, 1.807) is 7.11 Å². The van der Waals surface area contributed by atoms with Crippen molar-refractivity contribution in [2.45, 2.75) is 19.1 Å².